The van der Waals surface area contributed by atoms with E-state index in [1.807, 2.05) is 0 Å². The molecule has 1 unspecified atom stereocenters. The lowest BCUT2D eigenvalue weighted by molar-refractivity contribution is -0.122. The minimum absolute atomic E-state index is 0.0648. The smallest absolute Gasteiger partial charge is 0.408 e. The Hall–Kier alpha value is -1.10. The van der Waals surface area contributed by atoms with Crippen LogP contribution in [0.25, 0.3) is 0 Å². The highest BCUT2D eigenvalue weighted by molar-refractivity contribution is 5.86. The van der Waals surface area contributed by atoms with E-state index in [0.29, 0.717) is 0 Å². The van der Waals surface area contributed by atoms with Gasteiger partial charge in [0, 0.05) is 5.92 Å². The number of ether oxygens (including phenoxy) is 1. The first-order chi connectivity index (χ1) is 8.38. The van der Waals surface area contributed by atoms with Crippen LogP contribution in [-0.4, -0.2) is 37.1 Å². The molecule has 0 aliphatic carbocycles. The molecule has 1 aliphatic heterocycles. The third kappa shape index (κ3) is 6.00. The number of ketones is 1. The molecule has 0 bridgehead atoms. The third-order valence-electron chi connectivity index (χ3n) is 2.84. The van der Waals surface area contributed by atoms with Crippen molar-refractivity contribution in [3.05, 3.63) is 0 Å². The maximum Gasteiger partial charge on any atom is 0.408 e. The number of Topliss-reactive ketones (excluding diaryl/α,β-unsaturated/α-hetero) is 1. The second-order valence-electron chi connectivity index (χ2n) is 5.70. The van der Waals surface area contributed by atoms with Crippen molar-refractivity contribution in [1.82, 2.24) is 10.6 Å². The lowest BCUT2D eigenvalue weighted by Gasteiger charge is -2.20. The van der Waals surface area contributed by atoms with Gasteiger partial charge in [0.25, 0.3) is 0 Å². The molecule has 0 aromatic rings. The highest BCUT2D eigenvalue weighted by Crippen LogP contribution is 2.14. The van der Waals surface area contributed by atoms with Crippen LogP contribution >= 0.6 is 0 Å². The van der Waals surface area contributed by atoms with Crippen LogP contribution in [0.3, 0.4) is 0 Å². The topological polar surface area (TPSA) is 67.4 Å². The van der Waals surface area contributed by atoms with Gasteiger partial charge in [0.1, 0.15) is 5.60 Å². The Labute approximate surface area is 109 Å². The van der Waals surface area contributed by atoms with Crippen molar-refractivity contribution in [2.75, 3.05) is 19.6 Å². The van der Waals surface area contributed by atoms with E-state index in [-0.39, 0.29) is 18.2 Å². The van der Waals surface area contributed by atoms with E-state index >= 15 is 0 Å². The molecule has 0 aromatic carbocycles. The van der Waals surface area contributed by atoms with Crippen molar-refractivity contribution < 1.29 is 14.3 Å². The Bertz CT molecular complexity index is 289. The van der Waals surface area contributed by atoms with Gasteiger partial charge >= 0.3 is 6.09 Å². The Morgan fingerprint density at radius 1 is 1.28 bits per heavy atom. The SMILES string of the molecule is CC(C)(C)OC(=O)NCC(=O)C1CCCNCC1. The molecule has 1 amide bonds. The summed E-state index contributed by atoms with van der Waals surface area (Å²) >= 11 is 0. The summed E-state index contributed by atoms with van der Waals surface area (Å²) in [6.45, 7) is 7.31. The number of amides is 1. The van der Waals surface area contributed by atoms with Crippen LogP contribution in [0, 0.1) is 5.92 Å². The van der Waals surface area contributed by atoms with Crippen LogP contribution in [0.5, 0.6) is 0 Å². The molecule has 18 heavy (non-hydrogen) atoms. The van der Waals surface area contributed by atoms with Crippen LogP contribution in [0.15, 0.2) is 0 Å². The van der Waals surface area contributed by atoms with Crippen LogP contribution in [0.1, 0.15) is 40.0 Å². The monoisotopic (exact) mass is 256 g/mol. The van der Waals surface area contributed by atoms with Gasteiger partial charge in [-0.15, -0.1) is 0 Å². The van der Waals surface area contributed by atoms with E-state index in [0.717, 1.165) is 32.4 Å². The third-order valence-corrected chi connectivity index (χ3v) is 2.84. The summed E-state index contributed by atoms with van der Waals surface area (Å²) in [6, 6.07) is 0. The Morgan fingerprint density at radius 2 is 2.00 bits per heavy atom. The Morgan fingerprint density at radius 3 is 2.67 bits per heavy atom. The number of hydrogen-bond acceptors (Lipinski definition) is 4. The predicted octanol–water partition coefficient (Wildman–Crippen LogP) is 1.47. The van der Waals surface area contributed by atoms with E-state index in [4.69, 9.17) is 4.74 Å². The minimum Gasteiger partial charge on any atom is -0.444 e. The largest absolute Gasteiger partial charge is 0.444 e. The first kappa shape index (κ1) is 15.0. The average Bonchev–Trinajstić information content (AvgIpc) is 2.52. The molecular weight excluding hydrogens is 232 g/mol. The number of rotatable bonds is 3. The van der Waals surface area contributed by atoms with Gasteiger partial charge in [-0.3, -0.25) is 4.79 Å². The van der Waals surface area contributed by atoms with Crippen LogP contribution in [-0.2, 0) is 9.53 Å². The van der Waals surface area contributed by atoms with Crippen molar-refractivity contribution in [2.24, 2.45) is 5.92 Å². The Balaban J connectivity index is 2.29. The quantitative estimate of drug-likeness (QED) is 0.802. The van der Waals surface area contributed by atoms with Gasteiger partial charge in [0.2, 0.25) is 0 Å². The molecule has 0 radical (unpaired) electrons. The molecule has 2 N–H and O–H groups in total. The van der Waals surface area contributed by atoms with Gasteiger partial charge in [-0.05, 0) is 53.1 Å². The van der Waals surface area contributed by atoms with Crippen molar-refractivity contribution in [3.8, 4) is 0 Å². The fourth-order valence-corrected chi connectivity index (χ4v) is 1.96. The first-order valence-electron chi connectivity index (χ1n) is 6.59. The molecule has 5 nitrogen and oxygen atoms in total. The van der Waals surface area contributed by atoms with Gasteiger partial charge in [-0.2, -0.15) is 0 Å². The fraction of sp³-hybridized carbons (Fsp3) is 0.846. The maximum absolute atomic E-state index is 11.9. The molecule has 1 heterocycles. The maximum atomic E-state index is 11.9. The summed E-state index contributed by atoms with van der Waals surface area (Å²) in [5, 5.41) is 5.79. The zero-order valence-corrected chi connectivity index (χ0v) is 11.5. The van der Waals surface area contributed by atoms with Gasteiger partial charge in [0.15, 0.2) is 5.78 Å². The van der Waals surface area contributed by atoms with E-state index < -0.39 is 11.7 Å². The van der Waals surface area contributed by atoms with Crippen molar-refractivity contribution in [3.63, 3.8) is 0 Å². The molecule has 5 heteroatoms. The lowest BCUT2D eigenvalue weighted by atomic mass is 9.96. The van der Waals surface area contributed by atoms with Crippen LogP contribution in [0.2, 0.25) is 0 Å². The zero-order valence-electron chi connectivity index (χ0n) is 11.5. The van der Waals surface area contributed by atoms with Crippen LogP contribution in [0.4, 0.5) is 4.79 Å². The van der Waals surface area contributed by atoms with Gasteiger partial charge < -0.3 is 15.4 Å². The van der Waals surface area contributed by atoms with Gasteiger partial charge in [-0.1, -0.05) is 0 Å². The highest BCUT2D eigenvalue weighted by Gasteiger charge is 2.21. The molecule has 1 aliphatic rings. The summed E-state index contributed by atoms with van der Waals surface area (Å²) < 4.78 is 5.09. The summed E-state index contributed by atoms with van der Waals surface area (Å²) in [5.41, 5.74) is -0.528. The van der Waals surface area contributed by atoms with Crippen molar-refractivity contribution >= 4 is 11.9 Å². The molecule has 0 aromatic heterocycles. The number of carbonyl (C=O) groups excluding carboxylic acids is 2. The van der Waals surface area contributed by atoms with E-state index in [1.54, 1.807) is 20.8 Å². The second kappa shape index (κ2) is 6.73. The van der Waals surface area contributed by atoms with Crippen molar-refractivity contribution in [1.29, 1.82) is 0 Å². The molecule has 0 spiro atoms. The fourth-order valence-electron chi connectivity index (χ4n) is 1.96. The summed E-state index contributed by atoms with van der Waals surface area (Å²) in [6.07, 6.45) is 2.25. The normalized spacial score (nSPS) is 20.9. The van der Waals surface area contributed by atoms with Crippen LogP contribution < -0.4 is 10.6 Å². The summed E-state index contributed by atoms with van der Waals surface area (Å²) in [4.78, 5) is 23.3. The van der Waals surface area contributed by atoms with E-state index in [2.05, 4.69) is 10.6 Å². The standard InChI is InChI=1S/C13H24N2O3/c1-13(2,3)18-12(17)15-9-11(16)10-5-4-7-14-8-6-10/h10,14H,4-9H2,1-3H3,(H,15,17). The molecular formula is C13H24N2O3. The minimum atomic E-state index is -0.528. The predicted molar refractivity (Wildman–Crippen MR) is 69.5 cm³/mol. The van der Waals surface area contributed by atoms with Crippen molar-refractivity contribution in [2.45, 2.75) is 45.6 Å². The van der Waals surface area contributed by atoms with E-state index in [9.17, 15) is 9.59 Å². The van der Waals surface area contributed by atoms with Gasteiger partial charge in [-0.25, -0.2) is 4.79 Å². The average molecular weight is 256 g/mol. The molecule has 1 fully saturated rings. The first-order valence-corrected chi connectivity index (χ1v) is 6.59. The number of nitrogens with one attached hydrogen (secondary N) is 2. The number of alkyl carbamates (subject to hydrolysis) is 1. The zero-order chi connectivity index (χ0) is 13.6. The van der Waals surface area contributed by atoms with Gasteiger partial charge in [0.05, 0.1) is 6.54 Å². The number of hydrogen-bond donors (Lipinski definition) is 2. The molecule has 1 rings (SSSR count). The molecule has 0 saturated carbocycles. The molecule has 1 saturated heterocycles. The molecule has 1 atom stereocenters. The summed E-state index contributed by atoms with van der Waals surface area (Å²) in [5.74, 6) is 0.166. The lowest BCUT2D eigenvalue weighted by Crippen LogP contribution is -2.37. The summed E-state index contributed by atoms with van der Waals surface area (Å²) in [7, 11) is 0. The molecule has 104 valence electrons. The van der Waals surface area contributed by atoms with E-state index in [1.165, 1.54) is 0 Å². The second-order valence-corrected chi connectivity index (χ2v) is 5.70. The Kier molecular flexibility index (Phi) is 5.59. The highest BCUT2D eigenvalue weighted by atomic mass is 16.6. The number of carbonyl (C=O) groups is 2.